The SMILES string of the molecule is O=C(O)CC1(NC(=O)Cc2ccc(C(F)(F)F)cc2)CCOC1. The fourth-order valence-electron chi connectivity index (χ4n) is 2.52. The first kappa shape index (κ1) is 17.3. The normalized spacial score (nSPS) is 21.2. The van der Waals surface area contributed by atoms with Gasteiger partial charge >= 0.3 is 12.1 Å². The average Bonchev–Trinajstić information content (AvgIpc) is 2.85. The Morgan fingerprint density at radius 2 is 1.91 bits per heavy atom. The lowest BCUT2D eigenvalue weighted by molar-refractivity contribution is -0.139. The van der Waals surface area contributed by atoms with Gasteiger partial charge in [0.1, 0.15) is 0 Å². The van der Waals surface area contributed by atoms with E-state index in [0.29, 0.717) is 18.6 Å². The molecule has 1 fully saturated rings. The number of benzene rings is 1. The molecule has 1 atom stereocenters. The molecule has 2 rings (SSSR count). The number of aliphatic carboxylic acids is 1. The first-order valence-corrected chi connectivity index (χ1v) is 6.97. The number of amides is 1. The maximum Gasteiger partial charge on any atom is 0.416 e. The molecule has 1 heterocycles. The van der Waals surface area contributed by atoms with Gasteiger partial charge in [-0.3, -0.25) is 9.59 Å². The Kier molecular flexibility index (Phi) is 4.93. The van der Waals surface area contributed by atoms with Crippen molar-refractivity contribution in [1.82, 2.24) is 5.32 Å². The number of rotatable bonds is 5. The highest BCUT2D eigenvalue weighted by Gasteiger charge is 2.38. The molecule has 0 saturated carbocycles. The Morgan fingerprint density at radius 1 is 1.26 bits per heavy atom. The Hall–Kier alpha value is -2.09. The van der Waals surface area contributed by atoms with Crippen LogP contribution < -0.4 is 5.32 Å². The molecule has 23 heavy (non-hydrogen) atoms. The summed E-state index contributed by atoms with van der Waals surface area (Å²) in [5, 5.41) is 11.6. The maximum absolute atomic E-state index is 12.5. The third-order valence-electron chi connectivity index (χ3n) is 3.64. The summed E-state index contributed by atoms with van der Waals surface area (Å²) in [7, 11) is 0. The Morgan fingerprint density at radius 3 is 2.39 bits per heavy atom. The van der Waals surface area contributed by atoms with Crippen molar-refractivity contribution >= 4 is 11.9 Å². The van der Waals surface area contributed by atoms with E-state index in [1.807, 2.05) is 0 Å². The van der Waals surface area contributed by atoms with Crippen molar-refractivity contribution in [3.63, 3.8) is 0 Å². The van der Waals surface area contributed by atoms with Crippen molar-refractivity contribution in [1.29, 1.82) is 0 Å². The minimum absolute atomic E-state index is 0.109. The van der Waals surface area contributed by atoms with Gasteiger partial charge in [0.2, 0.25) is 5.91 Å². The third-order valence-corrected chi connectivity index (χ3v) is 3.64. The molecular formula is C15H16F3NO4. The number of carboxylic acid groups (broad SMARTS) is 1. The summed E-state index contributed by atoms with van der Waals surface area (Å²) in [5.41, 5.74) is -1.32. The Bertz CT molecular complexity index is 577. The third kappa shape index (κ3) is 4.69. The number of nitrogens with one attached hydrogen (secondary N) is 1. The molecule has 1 unspecified atom stereocenters. The van der Waals surface area contributed by atoms with Crippen LogP contribution in [0.5, 0.6) is 0 Å². The zero-order valence-corrected chi connectivity index (χ0v) is 12.2. The zero-order valence-electron chi connectivity index (χ0n) is 12.2. The number of carboxylic acids is 1. The van der Waals surface area contributed by atoms with E-state index in [-0.39, 0.29) is 19.4 Å². The van der Waals surface area contributed by atoms with Crippen LogP contribution in [0.4, 0.5) is 13.2 Å². The molecule has 0 aliphatic carbocycles. The van der Waals surface area contributed by atoms with Crippen LogP contribution in [0, 0.1) is 0 Å². The van der Waals surface area contributed by atoms with Crippen molar-refractivity contribution in [2.75, 3.05) is 13.2 Å². The number of carbonyl (C=O) groups excluding carboxylic acids is 1. The molecule has 0 spiro atoms. The van der Waals surface area contributed by atoms with Crippen molar-refractivity contribution in [2.24, 2.45) is 0 Å². The van der Waals surface area contributed by atoms with E-state index in [9.17, 15) is 22.8 Å². The first-order valence-electron chi connectivity index (χ1n) is 6.97. The molecule has 5 nitrogen and oxygen atoms in total. The second kappa shape index (κ2) is 6.57. The monoisotopic (exact) mass is 331 g/mol. The number of ether oxygens (including phenoxy) is 1. The summed E-state index contributed by atoms with van der Waals surface area (Å²) >= 11 is 0. The van der Waals surface area contributed by atoms with Crippen LogP contribution in [-0.2, 0) is 26.9 Å². The molecule has 0 radical (unpaired) electrons. The largest absolute Gasteiger partial charge is 0.481 e. The lowest BCUT2D eigenvalue weighted by Gasteiger charge is -2.27. The fourth-order valence-corrected chi connectivity index (χ4v) is 2.52. The number of halogens is 3. The quantitative estimate of drug-likeness (QED) is 0.865. The maximum atomic E-state index is 12.5. The van der Waals surface area contributed by atoms with Crippen LogP contribution >= 0.6 is 0 Å². The lowest BCUT2D eigenvalue weighted by atomic mass is 9.94. The molecule has 2 N–H and O–H groups in total. The molecule has 0 aromatic heterocycles. The summed E-state index contributed by atoms with van der Waals surface area (Å²) < 4.78 is 42.6. The molecule has 8 heteroatoms. The van der Waals surface area contributed by atoms with E-state index in [2.05, 4.69) is 5.32 Å². The van der Waals surface area contributed by atoms with E-state index in [1.165, 1.54) is 12.1 Å². The molecule has 1 saturated heterocycles. The smallest absolute Gasteiger partial charge is 0.416 e. The number of carbonyl (C=O) groups is 2. The number of alkyl halides is 3. The van der Waals surface area contributed by atoms with Gasteiger partial charge in [0.05, 0.1) is 30.6 Å². The van der Waals surface area contributed by atoms with Gasteiger partial charge in [0.15, 0.2) is 0 Å². The first-order chi connectivity index (χ1) is 10.7. The van der Waals surface area contributed by atoms with Gasteiger partial charge in [-0.15, -0.1) is 0 Å². The van der Waals surface area contributed by atoms with Crippen molar-refractivity contribution < 1.29 is 32.6 Å². The summed E-state index contributed by atoms with van der Waals surface area (Å²) in [5.74, 6) is -1.50. The zero-order chi connectivity index (χ0) is 17.1. The van der Waals surface area contributed by atoms with Gasteiger partial charge in [0, 0.05) is 6.61 Å². The van der Waals surface area contributed by atoms with Crippen molar-refractivity contribution in [2.45, 2.75) is 31.0 Å². The van der Waals surface area contributed by atoms with Crippen LogP contribution in [0.15, 0.2) is 24.3 Å². The minimum Gasteiger partial charge on any atom is -0.481 e. The molecule has 0 bridgehead atoms. The van der Waals surface area contributed by atoms with Gasteiger partial charge in [-0.05, 0) is 24.1 Å². The molecule has 1 aliphatic rings. The predicted octanol–water partition coefficient (Wildman–Crippen LogP) is 2.00. The van der Waals surface area contributed by atoms with Gasteiger partial charge in [-0.2, -0.15) is 13.2 Å². The van der Waals surface area contributed by atoms with Gasteiger partial charge < -0.3 is 15.2 Å². The van der Waals surface area contributed by atoms with E-state index in [4.69, 9.17) is 9.84 Å². The van der Waals surface area contributed by atoms with Crippen LogP contribution in [0.3, 0.4) is 0 Å². The minimum atomic E-state index is -4.42. The molecular weight excluding hydrogens is 315 g/mol. The second-order valence-electron chi connectivity index (χ2n) is 5.57. The summed E-state index contributed by atoms with van der Waals surface area (Å²) in [4.78, 5) is 23.0. The summed E-state index contributed by atoms with van der Waals surface area (Å²) in [6.07, 6.45) is -4.42. The average molecular weight is 331 g/mol. The Labute approximate surface area is 130 Å². The fraction of sp³-hybridized carbons (Fsp3) is 0.467. The van der Waals surface area contributed by atoms with E-state index in [1.54, 1.807) is 0 Å². The highest BCUT2D eigenvalue weighted by molar-refractivity contribution is 5.80. The van der Waals surface area contributed by atoms with Crippen LogP contribution in [0.1, 0.15) is 24.0 Å². The van der Waals surface area contributed by atoms with Crippen LogP contribution in [0.25, 0.3) is 0 Å². The highest BCUT2D eigenvalue weighted by atomic mass is 19.4. The van der Waals surface area contributed by atoms with E-state index < -0.39 is 29.2 Å². The number of hydrogen-bond donors (Lipinski definition) is 2. The van der Waals surface area contributed by atoms with Gasteiger partial charge in [0.25, 0.3) is 0 Å². The van der Waals surface area contributed by atoms with Crippen LogP contribution in [0.2, 0.25) is 0 Å². The molecule has 1 aromatic rings. The summed E-state index contributed by atoms with van der Waals surface area (Å²) in [6, 6.07) is 4.29. The standard InChI is InChI=1S/C15H16F3NO4/c16-15(17,18)11-3-1-10(2-4-11)7-12(20)19-14(8-13(21)22)5-6-23-9-14/h1-4H,5-9H2,(H,19,20)(H,21,22). The molecule has 1 aromatic carbocycles. The Balaban J connectivity index is 1.99. The highest BCUT2D eigenvalue weighted by Crippen LogP contribution is 2.29. The van der Waals surface area contributed by atoms with Gasteiger partial charge in [-0.25, -0.2) is 0 Å². The predicted molar refractivity (Wildman–Crippen MR) is 73.7 cm³/mol. The van der Waals surface area contributed by atoms with Crippen molar-refractivity contribution in [3.05, 3.63) is 35.4 Å². The molecule has 1 amide bonds. The topological polar surface area (TPSA) is 75.6 Å². The van der Waals surface area contributed by atoms with E-state index in [0.717, 1.165) is 12.1 Å². The van der Waals surface area contributed by atoms with Gasteiger partial charge in [-0.1, -0.05) is 12.1 Å². The van der Waals surface area contributed by atoms with Crippen LogP contribution in [-0.4, -0.2) is 35.7 Å². The second-order valence-corrected chi connectivity index (χ2v) is 5.57. The number of hydrogen-bond acceptors (Lipinski definition) is 3. The molecule has 126 valence electrons. The van der Waals surface area contributed by atoms with Crippen molar-refractivity contribution in [3.8, 4) is 0 Å². The summed E-state index contributed by atoms with van der Waals surface area (Å²) in [6.45, 7) is 0.464. The molecule has 1 aliphatic heterocycles. The lowest BCUT2D eigenvalue weighted by Crippen LogP contribution is -2.51. The van der Waals surface area contributed by atoms with E-state index >= 15 is 0 Å².